The van der Waals surface area contributed by atoms with Gasteiger partial charge in [0.1, 0.15) is 5.82 Å². The van der Waals surface area contributed by atoms with Crippen LogP contribution in [0.2, 0.25) is 0 Å². The first kappa shape index (κ1) is 20.7. The molecule has 0 spiro atoms. The lowest BCUT2D eigenvalue weighted by Gasteiger charge is -2.13. The van der Waals surface area contributed by atoms with Crippen LogP contribution in [0, 0.1) is 5.82 Å². The minimum atomic E-state index is -3.33. The van der Waals surface area contributed by atoms with Crippen molar-refractivity contribution in [3.8, 4) is 16.8 Å². The highest BCUT2D eigenvalue weighted by atomic mass is 32.2. The van der Waals surface area contributed by atoms with E-state index in [1.165, 1.54) is 41.1 Å². The van der Waals surface area contributed by atoms with Gasteiger partial charge in [-0.25, -0.2) is 12.8 Å². The second-order valence-electron chi connectivity index (χ2n) is 7.19. The lowest BCUT2D eigenvalue weighted by atomic mass is 9.97. The molecule has 0 radical (unpaired) electrons. The van der Waals surface area contributed by atoms with Crippen molar-refractivity contribution in [2.45, 2.75) is 11.3 Å². The van der Waals surface area contributed by atoms with Crippen LogP contribution >= 0.6 is 0 Å². The van der Waals surface area contributed by atoms with E-state index in [4.69, 9.17) is 0 Å². The zero-order chi connectivity index (χ0) is 22.0. The summed E-state index contributed by atoms with van der Waals surface area (Å²) in [5, 5.41) is 4.29. The van der Waals surface area contributed by atoms with Crippen LogP contribution in [0.5, 0.6) is 0 Å². The predicted molar refractivity (Wildman–Crippen MR) is 118 cm³/mol. The molecule has 0 aliphatic carbocycles. The van der Waals surface area contributed by atoms with Gasteiger partial charge < -0.3 is 0 Å². The van der Waals surface area contributed by atoms with Crippen molar-refractivity contribution in [3.05, 3.63) is 112 Å². The van der Waals surface area contributed by atoms with Gasteiger partial charge in [0.2, 0.25) is 0 Å². The molecule has 0 aliphatic heterocycles. The molecule has 1 heterocycles. The first-order valence-corrected chi connectivity index (χ1v) is 11.4. The number of halogens is 1. The summed E-state index contributed by atoms with van der Waals surface area (Å²) < 4.78 is 38.1. The fraction of sp³-hybridized carbons (Fsp3) is 0.0833. The fourth-order valence-electron chi connectivity index (χ4n) is 3.36. The number of sulfone groups is 1. The van der Waals surface area contributed by atoms with E-state index in [-0.39, 0.29) is 10.5 Å². The van der Waals surface area contributed by atoms with Gasteiger partial charge in [-0.15, -0.1) is 0 Å². The molecule has 156 valence electrons. The van der Waals surface area contributed by atoms with Crippen LogP contribution in [0.15, 0.2) is 94.7 Å². The van der Waals surface area contributed by atoms with Crippen LogP contribution in [0.3, 0.4) is 0 Å². The van der Waals surface area contributed by atoms with E-state index in [0.717, 1.165) is 11.8 Å². The maximum atomic E-state index is 13.4. The zero-order valence-electron chi connectivity index (χ0n) is 16.7. The molecular weight excluding hydrogens is 415 g/mol. The number of aromatic nitrogens is 2. The van der Waals surface area contributed by atoms with Crippen molar-refractivity contribution in [2.24, 2.45) is 0 Å². The predicted octanol–water partition coefficient (Wildman–Crippen LogP) is 4.03. The highest BCUT2D eigenvalue weighted by molar-refractivity contribution is 7.90. The molecule has 0 atom stereocenters. The van der Waals surface area contributed by atoms with Gasteiger partial charge in [0.05, 0.1) is 16.8 Å². The van der Waals surface area contributed by atoms with E-state index < -0.39 is 15.7 Å². The van der Waals surface area contributed by atoms with E-state index in [1.54, 1.807) is 18.3 Å². The average molecular weight is 434 g/mol. The summed E-state index contributed by atoms with van der Waals surface area (Å²) in [6.07, 6.45) is 3.10. The topological polar surface area (TPSA) is 69.0 Å². The van der Waals surface area contributed by atoms with Crippen LogP contribution in [-0.2, 0) is 16.3 Å². The zero-order valence-corrected chi connectivity index (χ0v) is 17.5. The number of rotatable bonds is 5. The van der Waals surface area contributed by atoms with Gasteiger partial charge in [-0.3, -0.25) is 4.79 Å². The first-order chi connectivity index (χ1) is 14.8. The van der Waals surface area contributed by atoms with Gasteiger partial charge >= 0.3 is 0 Å². The lowest BCUT2D eigenvalue weighted by molar-refractivity contribution is 0.602. The van der Waals surface area contributed by atoms with E-state index in [9.17, 15) is 17.6 Å². The third kappa shape index (κ3) is 4.46. The Kier molecular flexibility index (Phi) is 5.52. The molecule has 3 aromatic carbocycles. The smallest absolute Gasteiger partial charge is 0.267 e. The second-order valence-corrected chi connectivity index (χ2v) is 9.20. The molecule has 4 rings (SSSR count). The SMILES string of the molecule is CS(=O)(=O)c1ccc(-c2cnn(-c3ccc(F)cc3)c(=O)c2Cc2ccccc2)cc1. The molecule has 0 bridgehead atoms. The molecule has 0 amide bonds. The van der Waals surface area contributed by atoms with E-state index >= 15 is 0 Å². The minimum Gasteiger partial charge on any atom is -0.267 e. The molecule has 0 N–H and O–H groups in total. The van der Waals surface area contributed by atoms with Crippen molar-refractivity contribution in [1.29, 1.82) is 0 Å². The summed E-state index contributed by atoms with van der Waals surface area (Å²) in [4.78, 5) is 13.6. The second kappa shape index (κ2) is 8.28. The molecule has 0 fully saturated rings. The van der Waals surface area contributed by atoms with Crippen LogP contribution in [0.4, 0.5) is 4.39 Å². The number of hydrogen-bond acceptors (Lipinski definition) is 4. The Morgan fingerprint density at radius 3 is 2.16 bits per heavy atom. The van der Waals surface area contributed by atoms with E-state index in [0.29, 0.717) is 28.8 Å². The Morgan fingerprint density at radius 1 is 0.903 bits per heavy atom. The molecule has 0 saturated heterocycles. The average Bonchev–Trinajstić information content (AvgIpc) is 2.76. The quantitative estimate of drug-likeness (QED) is 0.476. The molecule has 0 unspecified atom stereocenters. The maximum absolute atomic E-state index is 13.4. The third-order valence-corrected chi connectivity index (χ3v) is 6.09. The summed E-state index contributed by atoms with van der Waals surface area (Å²) >= 11 is 0. The Labute approximate surface area is 179 Å². The third-order valence-electron chi connectivity index (χ3n) is 4.97. The Morgan fingerprint density at radius 2 is 1.55 bits per heavy atom. The Balaban J connectivity index is 1.87. The molecule has 5 nitrogen and oxygen atoms in total. The van der Waals surface area contributed by atoms with E-state index in [1.807, 2.05) is 30.3 Å². The first-order valence-electron chi connectivity index (χ1n) is 9.54. The van der Waals surface area contributed by atoms with Crippen LogP contribution < -0.4 is 5.56 Å². The minimum absolute atomic E-state index is 0.202. The standard InChI is InChI=1S/C24H19FN2O3S/c1-31(29,30)21-13-7-18(8-14-21)23-16-26-27(20-11-9-19(25)10-12-20)24(28)22(23)15-17-5-3-2-4-6-17/h2-14,16H,15H2,1H3. The number of nitrogens with zero attached hydrogens (tertiary/aromatic N) is 2. The van der Waals surface area contributed by atoms with Crippen molar-refractivity contribution in [2.75, 3.05) is 6.26 Å². The normalized spacial score (nSPS) is 11.4. The van der Waals surface area contributed by atoms with E-state index in [2.05, 4.69) is 5.10 Å². The van der Waals surface area contributed by atoms with Gasteiger partial charge in [0.25, 0.3) is 5.56 Å². The van der Waals surface area contributed by atoms with Crippen molar-refractivity contribution in [1.82, 2.24) is 9.78 Å². The molecule has 31 heavy (non-hydrogen) atoms. The van der Waals surface area contributed by atoms with Crippen molar-refractivity contribution in [3.63, 3.8) is 0 Å². The van der Waals surface area contributed by atoms with Gasteiger partial charge in [-0.2, -0.15) is 9.78 Å². The largest absolute Gasteiger partial charge is 0.275 e. The lowest BCUT2D eigenvalue weighted by Crippen LogP contribution is -2.25. The Bertz CT molecular complexity index is 1380. The molecule has 7 heteroatoms. The summed E-state index contributed by atoms with van der Waals surface area (Å²) in [7, 11) is -3.33. The van der Waals surface area contributed by atoms with Gasteiger partial charge in [0, 0.05) is 23.8 Å². The summed E-state index contributed by atoms with van der Waals surface area (Å²) in [5.74, 6) is -0.399. The van der Waals surface area contributed by atoms with Gasteiger partial charge in [-0.05, 0) is 47.5 Å². The van der Waals surface area contributed by atoms with Gasteiger partial charge in [-0.1, -0.05) is 42.5 Å². The molecule has 0 saturated carbocycles. The van der Waals surface area contributed by atoms with Crippen molar-refractivity contribution < 1.29 is 12.8 Å². The molecule has 0 aliphatic rings. The van der Waals surface area contributed by atoms with Gasteiger partial charge in [0.15, 0.2) is 9.84 Å². The summed E-state index contributed by atoms with van der Waals surface area (Å²) in [5.41, 5.74) is 2.91. The molecule has 1 aromatic heterocycles. The van der Waals surface area contributed by atoms with Crippen LogP contribution in [-0.4, -0.2) is 24.5 Å². The number of benzene rings is 3. The molecule has 4 aromatic rings. The maximum Gasteiger partial charge on any atom is 0.275 e. The highest BCUT2D eigenvalue weighted by Gasteiger charge is 2.16. The van der Waals surface area contributed by atoms with Crippen LogP contribution in [0.25, 0.3) is 16.8 Å². The Hall–Kier alpha value is -3.58. The van der Waals surface area contributed by atoms with Crippen LogP contribution in [0.1, 0.15) is 11.1 Å². The summed E-state index contributed by atoms with van der Waals surface area (Å²) in [6, 6.07) is 21.5. The monoisotopic (exact) mass is 434 g/mol. The number of hydrogen-bond donors (Lipinski definition) is 0. The summed E-state index contributed by atoms with van der Waals surface area (Å²) in [6.45, 7) is 0. The fourth-order valence-corrected chi connectivity index (χ4v) is 3.99. The molecular formula is C24H19FN2O3S. The highest BCUT2D eigenvalue weighted by Crippen LogP contribution is 2.25. The van der Waals surface area contributed by atoms with Crippen molar-refractivity contribution >= 4 is 9.84 Å².